The summed E-state index contributed by atoms with van der Waals surface area (Å²) >= 11 is 0. The van der Waals surface area contributed by atoms with Crippen molar-refractivity contribution in [1.82, 2.24) is 13.9 Å². The van der Waals surface area contributed by atoms with Crippen LogP contribution >= 0.6 is 0 Å². The van der Waals surface area contributed by atoms with Crippen LogP contribution in [0.3, 0.4) is 0 Å². The summed E-state index contributed by atoms with van der Waals surface area (Å²) in [5.74, 6) is 0. The van der Waals surface area contributed by atoms with Gasteiger partial charge in [0.05, 0.1) is 0 Å². The molecule has 20 heavy (non-hydrogen) atoms. The molecule has 5 nitrogen and oxygen atoms in total. The van der Waals surface area contributed by atoms with Crippen LogP contribution in [-0.2, 0) is 10.2 Å². The van der Waals surface area contributed by atoms with Gasteiger partial charge in [0, 0.05) is 25.7 Å². The van der Waals surface area contributed by atoms with Crippen molar-refractivity contribution in [3.05, 3.63) is 0 Å². The summed E-state index contributed by atoms with van der Waals surface area (Å²) in [4.78, 5) is 2.25. The van der Waals surface area contributed by atoms with Crippen molar-refractivity contribution in [1.29, 1.82) is 0 Å². The fourth-order valence-corrected chi connectivity index (χ4v) is 4.20. The zero-order valence-corrected chi connectivity index (χ0v) is 14.2. The van der Waals surface area contributed by atoms with Gasteiger partial charge in [0.25, 0.3) is 10.2 Å². The van der Waals surface area contributed by atoms with Crippen LogP contribution in [0, 0.1) is 0 Å². The van der Waals surface area contributed by atoms with Crippen LogP contribution in [0.1, 0.15) is 52.9 Å². The fraction of sp³-hybridized carbons (Fsp3) is 1.00. The first-order valence-corrected chi connectivity index (χ1v) is 9.33. The van der Waals surface area contributed by atoms with Gasteiger partial charge >= 0.3 is 0 Å². The zero-order valence-electron chi connectivity index (χ0n) is 13.4. The van der Waals surface area contributed by atoms with Crippen LogP contribution in [-0.4, -0.2) is 56.4 Å². The van der Waals surface area contributed by atoms with Gasteiger partial charge in [-0.05, 0) is 32.9 Å². The molecule has 0 aromatic rings. The molecular formula is C14H31N3O2S. The minimum absolute atomic E-state index is 0.171. The molecule has 120 valence electrons. The largest absolute Gasteiger partial charge is 0.300 e. The molecule has 1 aliphatic rings. The smallest absolute Gasteiger partial charge is 0.279 e. The van der Waals surface area contributed by atoms with Crippen LogP contribution in [0.25, 0.3) is 0 Å². The predicted molar refractivity (Wildman–Crippen MR) is 83.9 cm³/mol. The fourth-order valence-electron chi connectivity index (χ4n) is 2.94. The number of rotatable bonds is 8. The van der Waals surface area contributed by atoms with E-state index in [0.29, 0.717) is 6.54 Å². The molecule has 1 aliphatic carbocycles. The molecule has 0 aliphatic heterocycles. The molecule has 1 rings (SSSR count). The SMILES string of the molecule is CCN(CC)[C@@H](C)CNS(=O)(=O)N(C)C1CCCCC1. The van der Waals surface area contributed by atoms with E-state index in [1.165, 1.54) is 6.42 Å². The number of nitrogens with one attached hydrogen (secondary N) is 1. The molecule has 0 aromatic heterocycles. The maximum atomic E-state index is 12.3. The Hall–Kier alpha value is -0.170. The second-order valence-corrected chi connectivity index (χ2v) is 7.55. The number of hydrogen-bond donors (Lipinski definition) is 1. The Kier molecular flexibility index (Phi) is 7.43. The van der Waals surface area contributed by atoms with E-state index in [2.05, 4.69) is 30.4 Å². The highest BCUT2D eigenvalue weighted by molar-refractivity contribution is 7.87. The Morgan fingerprint density at radius 2 is 1.70 bits per heavy atom. The van der Waals surface area contributed by atoms with Crippen LogP contribution in [0.5, 0.6) is 0 Å². The highest BCUT2D eigenvalue weighted by Crippen LogP contribution is 2.22. The minimum Gasteiger partial charge on any atom is -0.300 e. The quantitative estimate of drug-likeness (QED) is 0.744. The molecule has 0 aromatic carbocycles. The lowest BCUT2D eigenvalue weighted by molar-refractivity contribution is 0.229. The van der Waals surface area contributed by atoms with Gasteiger partial charge in [0.15, 0.2) is 0 Å². The van der Waals surface area contributed by atoms with E-state index in [1.54, 1.807) is 11.4 Å². The van der Waals surface area contributed by atoms with E-state index >= 15 is 0 Å². The summed E-state index contributed by atoms with van der Waals surface area (Å²) in [6.45, 7) is 8.62. The van der Waals surface area contributed by atoms with E-state index in [9.17, 15) is 8.42 Å². The summed E-state index contributed by atoms with van der Waals surface area (Å²) in [6, 6.07) is 0.393. The summed E-state index contributed by atoms with van der Waals surface area (Å²) < 4.78 is 29.0. The summed E-state index contributed by atoms with van der Waals surface area (Å²) in [5, 5.41) is 0. The number of hydrogen-bond acceptors (Lipinski definition) is 3. The molecule has 0 amide bonds. The molecule has 0 heterocycles. The molecule has 0 saturated heterocycles. The van der Waals surface area contributed by atoms with E-state index in [0.717, 1.165) is 38.8 Å². The van der Waals surface area contributed by atoms with Gasteiger partial charge in [-0.2, -0.15) is 12.7 Å². The average Bonchev–Trinajstić information content (AvgIpc) is 2.46. The molecule has 1 atom stereocenters. The standard InChI is InChI=1S/C14H31N3O2S/c1-5-17(6-2)13(3)12-15-20(18,19)16(4)14-10-8-7-9-11-14/h13-15H,5-12H2,1-4H3/t13-/m0/s1. The molecule has 1 fully saturated rings. The van der Waals surface area contributed by atoms with Gasteiger partial charge in [-0.3, -0.25) is 4.90 Å². The van der Waals surface area contributed by atoms with Gasteiger partial charge in [0.2, 0.25) is 0 Å². The number of likely N-dealkylation sites (N-methyl/N-ethyl adjacent to an activating group) is 1. The summed E-state index contributed by atoms with van der Waals surface area (Å²) in [6.07, 6.45) is 5.49. The minimum atomic E-state index is -3.35. The average molecular weight is 305 g/mol. The Morgan fingerprint density at radius 1 is 1.15 bits per heavy atom. The summed E-state index contributed by atoms with van der Waals surface area (Å²) in [7, 11) is -1.64. The second-order valence-electron chi connectivity index (χ2n) is 5.73. The Bertz CT molecular complexity index is 363. The Balaban J connectivity index is 2.51. The lowest BCUT2D eigenvalue weighted by Gasteiger charge is -2.32. The molecule has 1 saturated carbocycles. The third kappa shape index (κ3) is 4.98. The van der Waals surface area contributed by atoms with Gasteiger partial charge in [-0.25, -0.2) is 4.72 Å². The molecule has 0 bridgehead atoms. The van der Waals surface area contributed by atoms with Crippen molar-refractivity contribution in [2.45, 2.75) is 65.0 Å². The predicted octanol–water partition coefficient (Wildman–Crippen LogP) is 1.82. The molecule has 0 radical (unpaired) electrons. The van der Waals surface area contributed by atoms with Crippen molar-refractivity contribution in [2.75, 3.05) is 26.7 Å². The van der Waals surface area contributed by atoms with Crippen molar-refractivity contribution in [2.24, 2.45) is 0 Å². The maximum Gasteiger partial charge on any atom is 0.279 e. The normalized spacial score (nSPS) is 19.7. The van der Waals surface area contributed by atoms with Gasteiger partial charge in [-0.1, -0.05) is 33.1 Å². The highest BCUT2D eigenvalue weighted by atomic mass is 32.2. The van der Waals surface area contributed by atoms with Crippen molar-refractivity contribution in [3.8, 4) is 0 Å². The molecular weight excluding hydrogens is 274 g/mol. The highest BCUT2D eigenvalue weighted by Gasteiger charge is 2.27. The summed E-state index contributed by atoms with van der Waals surface area (Å²) in [5.41, 5.74) is 0. The van der Waals surface area contributed by atoms with E-state index < -0.39 is 10.2 Å². The lowest BCUT2D eigenvalue weighted by atomic mass is 9.96. The third-order valence-corrected chi connectivity index (χ3v) is 6.05. The van der Waals surface area contributed by atoms with Gasteiger partial charge < -0.3 is 0 Å². The van der Waals surface area contributed by atoms with Crippen LogP contribution in [0.15, 0.2) is 0 Å². The third-order valence-electron chi connectivity index (χ3n) is 4.46. The van der Waals surface area contributed by atoms with E-state index in [1.807, 2.05) is 0 Å². The first kappa shape index (κ1) is 17.9. The molecule has 6 heteroatoms. The van der Waals surface area contributed by atoms with Crippen LogP contribution in [0.4, 0.5) is 0 Å². The maximum absolute atomic E-state index is 12.3. The zero-order chi connectivity index (χ0) is 15.2. The van der Waals surface area contributed by atoms with E-state index in [4.69, 9.17) is 0 Å². The second kappa shape index (κ2) is 8.32. The monoisotopic (exact) mass is 305 g/mol. The molecule has 1 N–H and O–H groups in total. The van der Waals surface area contributed by atoms with Crippen LogP contribution < -0.4 is 4.72 Å². The van der Waals surface area contributed by atoms with Gasteiger partial charge in [0.1, 0.15) is 0 Å². The topological polar surface area (TPSA) is 52.7 Å². The first-order chi connectivity index (χ1) is 9.42. The molecule has 0 unspecified atom stereocenters. The van der Waals surface area contributed by atoms with E-state index in [-0.39, 0.29) is 12.1 Å². The molecule has 0 spiro atoms. The lowest BCUT2D eigenvalue weighted by Crippen LogP contribution is -2.49. The van der Waals surface area contributed by atoms with Crippen LogP contribution in [0.2, 0.25) is 0 Å². The number of nitrogens with zero attached hydrogens (tertiary/aromatic N) is 2. The Labute approximate surface area is 124 Å². The van der Waals surface area contributed by atoms with Crippen molar-refractivity contribution < 1.29 is 8.42 Å². The van der Waals surface area contributed by atoms with Gasteiger partial charge in [-0.15, -0.1) is 0 Å². The van der Waals surface area contributed by atoms with Crippen molar-refractivity contribution >= 4 is 10.2 Å². The van der Waals surface area contributed by atoms with Crippen molar-refractivity contribution in [3.63, 3.8) is 0 Å². The Morgan fingerprint density at radius 3 is 2.20 bits per heavy atom. The first-order valence-electron chi connectivity index (χ1n) is 7.89.